The Bertz CT molecular complexity index is 1660. The molecule has 5 rings (SSSR count). The highest BCUT2D eigenvalue weighted by Crippen LogP contribution is 2.52. The van der Waals surface area contributed by atoms with E-state index in [-0.39, 0.29) is 23.3 Å². The first-order valence-corrected chi connectivity index (χ1v) is 12.0. The Morgan fingerprint density at radius 3 is 2.26 bits per heavy atom. The lowest BCUT2D eigenvalue weighted by Crippen LogP contribution is -2.39. The molecule has 1 atom stereocenters. The summed E-state index contributed by atoms with van der Waals surface area (Å²) in [7, 11) is 3.11. The fourth-order valence-corrected chi connectivity index (χ4v) is 4.87. The maximum atomic E-state index is 13.9. The molecule has 7 nitrogen and oxygen atoms in total. The zero-order valence-electron chi connectivity index (χ0n) is 21.5. The minimum atomic E-state index is -2.98. The van der Waals surface area contributed by atoms with Gasteiger partial charge in [0.2, 0.25) is 5.91 Å². The Morgan fingerprint density at radius 2 is 1.66 bits per heavy atom. The van der Waals surface area contributed by atoms with Crippen molar-refractivity contribution in [1.29, 1.82) is 0 Å². The standard InChI is InChI=1S/C28H26F3N3O4/c1-14-8-17(29)9-15(2)22(14)38-23-18(6-7-33(4)26(23)37)21-12-34(5)25(36)20-11-16(10-19(20)21)24(35)32-27(3)13-28(27,30)31/h6-10,12H,11,13H2,1-5H3,(H,32,35). The predicted molar refractivity (Wildman–Crippen MR) is 136 cm³/mol. The summed E-state index contributed by atoms with van der Waals surface area (Å²) < 4.78 is 50.1. The molecule has 10 heteroatoms. The van der Waals surface area contributed by atoms with Crippen LogP contribution in [0.2, 0.25) is 0 Å². The van der Waals surface area contributed by atoms with Gasteiger partial charge in [-0.1, -0.05) is 0 Å². The van der Waals surface area contributed by atoms with Crippen LogP contribution in [0.5, 0.6) is 11.5 Å². The molecule has 2 heterocycles. The van der Waals surface area contributed by atoms with Gasteiger partial charge in [-0.3, -0.25) is 14.4 Å². The van der Waals surface area contributed by atoms with Gasteiger partial charge in [-0.15, -0.1) is 0 Å². The largest absolute Gasteiger partial charge is 0.450 e. The molecule has 38 heavy (non-hydrogen) atoms. The number of hydrogen-bond donors (Lipinski definition) is 1. The van der Waals surface area contributed by atoms with E-state index in [1.165, 1.54) is 34.3 Å². The van der Waals surface area contributed by atoms with Gasteiger partial charge in [-0.25, -0.2) is 13.2 Å². The van der Waals surface area contributed by atoms with Crippen molar-refractivity contribution in [2.24, 2.45) is 14.1 Å². The van der Waals surface area contributed by atoms with Crippen molar-refractivity contribution in [2.75, 3.05) is 0 Å². The molecule has 1 aromatic carbocycles. The molecule has 1 saturated carbocycles. The topological polar surface area (TPSA) is 82.3 Å². The maximum absolute atomic E-state index is 13.9. The number of amides is 1. The second kappa shape index (κ2) is 8.47. The van der Waals surface area contributed by atoms with Crippen LogP contribution >= 0.6 is 0 Å². The molecule has 1 amide bonds. The second-order valence-corrected chi connectivity index (χ2v) is 10.3. The first-order chi connectivity index (χ1) is 17.7. The van der Waals surface area contributed by atoms with Crippen molar-refractivity contribution in [3.8, 4) is 22.6 Å². The summed E-state index contributed by atoms with van der Waals surface area (Å²) in [4.78, 5) is 39.1. The number of ether oxygens (including phenoxy) is 1. The predicted octanol–water partition coefficient (Wildman–Crippen LogP) is 4.15. The molecule has 0 spiro atoms. The Morgan fingerprint density at radius 1 is 1.03 bits per heavy atom. The number of hydrogen-bond acceptors (Lipinski definition) is 4. The zero-order valence-corrected chi connectivity index (χ0v) is 21.5. The molecule has 0 bridgehead atoms. The molecule has 0 aliphatic heterocycles. The number of nitrogens with zero attached hydrogens (tertiary/aromatic N) is 2. The number of fused-ring (bicyclic) bond motifs is 1. The number of carbonyl (C=O) groups is 1. The van der Waals surface area contributed by atoms with Gasteiger partial charge in [0, 0.05) is 61.6 Å². The second-order valence-electron chi connectivity index (χ2n) is 10.3. The summed E-state index contributed by atoms with van der Waals surface area (Å²) in [5.74, 6) is -3.80. The lowest BCUT2D eigenvalue weighted by atomic mass is 9.99. The van der Waals surface area contributed by atoms with Crippen molar-refractivity contribution >= 4 is 12.0 Å². The summed E-state index contributed by atoms with van der Waals surface area (Å²) in [5, 5.41) is 2.39. The molecular weight excluding hydrogens is 499 g/mol. The molecule has 2 aromatic heterocycles. The number of pyridine rings is 2. The van der Waals surface area contributed by atoms with E-state index < -0.39 is 35.2 Å². The van der Waals surface area contributed by atoms with Gasteiger partial charge in [0.25, 0.3) is 17.0 Å². The third-order valence-electron chi connectivity index (χ3n) is 7.28. The van der Waals surface area contributed by atoms with Crippen LogP contribution in [0.15, 0.2) is 45.8 Å². The Kier molecular flexibility index (Phi) is 5.70. The number of aryl methyl sites for hydroxylation is 4. The number of carbonyl (C=O) groups excluding carboxylic acids is 1. The summed E-state index contributed by atoms with van der Waals surface area (Å²) in [5.41, 5.74) is 0.276. The Balaban J connectivity index is 1.63. The maximum Gasteiger partial charge on any atom is 0.293 e. The van der Waals surface area contributed by atoms with Crippen LogP contribution in [0.25, 0.3) is 17.2 Å². The molecule has 2 aliphatic rings. The minimum Gasteiger partial charge on any atom is -0.450 e. The van der Waals surface area contributed by atoms with Crippen molar-refractivity contribution in [1.82, 2.24) is 14.5 Å². The summed E-state index contributed by atoms with van der Waals surface area (Å²) in [6.45, 7) is 4.61. The zero-order chi connectivity index (χ0) is 27.7. The average Bonchev–Trinajstić information content (AvgIpc) is 3.14. The van der Waals surface area contributed by atoms with Gasteiger partial charge < -0.3 is 19.2 Å². The third-order valence-corrected chi connectivity index (χ3v) is 7.28. The molecule has 0 saturated heterocycles. The normalized spacial score (nSPS) is 19.1. The Hall–Kier alpha value is -4.08. The van der Waals surface area contributed by atoms with E-state index in [1.807, 2.05) is 0 Å². The van der Waals surface area contributed by atoms with Crippen LogP contribution in [-0.2, 0) is 25.3 Å². The first kappa shape index (κ1) is 25.6. The van der Waals surface area contributed by atoms with E-state index in [2.05, 4.69) is 5.32 Å². The van der Waals surface area contributed by atoms with Crippen LogP contribution in [0, 0.1) is 19.7 Å². The molecule has 2 aliphatic carbocycles. The van der Waals surface area contributed by atoms with E-state index in [0.717, 1.165) is 0 Å². The lowest BCUT2D eigenvalue weighted by Gasteiger charge is -2.17. The van der Waals surface area contributed by atoms with Gasteiger partial charge >= 0.3 is 0 Å². The highest BCUT2D eigenvalue weighted by Gasteiger charge is 2.69. The smallest absolute Gasteiger partial charge is 0.293 e. The van der Waals surface area contributed by atoms with Gasteiger partial charge in [0.15, 0.2) is 5.75 Å². The molecule has 1 fully saturated rings. The summed E-state index contributed by atoms with van der Waals surface area (Å²) >= 11 is 0. The number of aromatic nitrogens is 2. The van der Waals surface area contributed by atoms with E-state index in [1.54, 1.807) is 46.4 Å². The monoisotopic (exact) mass is 525 g/mol. The molecular formula is C28H26F3N3O4. The van der Waals surface area contributed by atoms with E-state index in [9.17, 15) is 27.6 Å². The van der Waals surface area contributed by atoms with E-state index >= 15 is 0 Å². The molecule has 1 N–H and O–H groups in total. The molecule has 198 valence electrons. The fraction of sp³-hybridized carbons (Fsp3) is 0.321. The minimum absolute atomic E-state index is 0.0370. The molecule has 3 aromatic rings. The summed E-state index contributed by atoms with van der Waals surface area (Å²) in [6, 6.07) is 4.26. The van der Waals surface area contributed by atoms with Crippen molar-refractivity contribution in [3.05, 3.63) is 84.9 Å². The van der Waals surface area contributed by atoms with Crippen molar-refractivity contribution in [3.63, 3.8) is 0 Å². The van der Waals surface area contributed by atoms with Crippen LogP contribution in [0.3, 0.4) is 0 Å². The van der Waals surface area contributed by atoms with E-state index in [4.69, 9.17) is 4.74 Å². The van der Waals surface area contributed by atoms with Gasteiger partial charge in [0.05, 0.1) is 0 Å². The summed E-state index contributed by atoms with van der Waals surface area (Å²) in [6.07, 6.45) is 4.10. The number of alkyl halides is 2. The SMILES string of the molecule is Cc1cc(F)cc(C)c1Oc1c(-c2cn(C)c(=O)c3c2C=C(C(=O)NC2(C)CC2(F)F)C3)ccn(C)c1=O. The molecule has 1 unspecified atom stereocenters. The van der Waals surface area contributed by atoms with Crippen LogP contribution in [-0.4, -0.2) is 26.5 Å². The van der Waals surface area contributed by atoms with E-state index in [0.29, 0.717) is 39.1 Å². The fourth-order valence-electron chi connectivity index (χ4n) is 4.87. The molecule has 0 radical (unpaired) electrons. The van der Waals surface area contributed by atoms with Gasteiger partial charge in [0.1, 0.15) is 17.1 Å². The third kappa shape index (κ3) is 4.04. The number of benzene rings is 1. The van der Waals surface area contributed by atoms with Crippen LogP contribution in [0.1, 0.15) is 35.6 Å². The van der Waals surface area contributed by atoms with Gasteiger partial charge in [-0.05, 0) is 61.7 Å². The van der Waals surface area contributed by atoms with Crippen molar-refractivity contribution < 1.29 is 22.7 Å². The number of rotatable bonds is 5. The first-order valence-electron chi connectivity index (χ1n) is 12.0. The van der Waals surface area contributed by atoms with Crippen molar-refractivity contribution in [2.45, 2.75) is 45.1 Å². The quantitative estimate of drug-likeness (QED) is 0.543. The lowest BCUT2D eigenvalue weighted by molar-refractivity contribution is -0.119. The highest BCUT2D eigenvalue weighted by atomic mass is 19.3. The van der Waals surface area contributed by atoms with Gasteiger partial charge in [-0.2, -0.15) is 0 Å². The number of halogens is 3. The number of nitrogens with one attached hydrogen (secondary N) is 1. The van der Waals surface area contributed by atoms with Crippen LogP contribution in [0.4, 0.5) is 13.2 Å². The average molecular weight is 526 g/mol. The van der Waals surface area contributed by atoms with Crippen LogP contribution < -0.4 is 21.2 Å². The highest BCUT2D eigenvalue weighted by molar-refractivity contribution is 6.02. The Labute approximate surface area is 216 Å².